The zero-order chi connectivity index (χ0) is 18.4. The minimum Gasteiger partial charge on any atom is -0.360 e. The highest BCUT2D eigenvalue weighted by atomic mass is 32.2. The molecule has 136 valence electrons. The van der Waals surface area contributed by atoms with Crippen LogP contribution in [0.5, 0.6) is 0 Å². The summed E-state index contributed by atoms with van der Waals surface area (Å²) < 4.78 is 49.3. The molecule has 12 heteroatoms. The monoisotopic (exact) mass is 408 g/mol. The van der Waals surface area contributed by atoms with Crippen molar-refractivity contribution in [1.82, 2.24) is 10.2 Å². The quantitative estimate of drug-likeness (QED) is 0.648. The van der Waals surface area contributed by atoms with Crippen LogP contribution in [0, 0.1) is 0 Å². The molecule has 0 radical (unpaired) electrons. The number of hydrogen-bond acceptors (Lipinski definition) is 8. The van der Waals surface area contributed by atoms with Gasteiger partial charge in [-0.15, -0.1) is 10.2 Å². The zero-order valence-electron chi connectivity index (χ0n) is 12.9. The minimum atomic E-state index is -4.81. The SMILES string of the molecule is CCNc1nnc(SCC(=O)Nc2ccccc2S(=O)(=O)C(F)F)s1. The summed E-state index contributed by atoms with van der Waals surface area (Å²) in [6.45, 7) is 2.60. The van der Waals surface area contributed by atoms with Crippen molar-refractivity contribution in [2.75, 3.05) is 22.9 Å². The predicted octanol–water partition coefficient (Wildman–Crippen LogP) is 2.70. The van der Waals surface area contributed by atoms with E-state index in [2.05, 4.69) is 20.8 Å². The number of alkyl halides is 2. The van der Waals surface area contributed by atoms with Crippen LogP contribution in [0.1, 0.15) is 6.92 Å². The summed E-state index contributed by atoms with van der Waals surface area (Å²) in [5, 5.41) is 13.7. The third-order valence-electron chi connectivity index (χ3n) is 2.76. The van der Waals surface area contributed by atoms with Crippen molar-refractivity contribution >= 4 is 49.7 Å². The number of halogens is 2. The summed E-state index contributed by atoms with van der Waals surface area (Å²) >= 11 is 2.38. The van der Waals surface area contributed by atoms with E-state index in [9.17, 15) is 22.0 Å². The molecule has 0 saturated heterocycles. The molecule has 0 aliphatic rings. The van der Waals surface area contributed by atoms with Crippen molar-refractivity contribution in [2.24, 2.45) is 0 Å². The Morgan fingerprint density at radius 3 is 2.72 bits per heavy atom. The number of hydrogen-bond donors (Lipinski definition) is 2. The van der Waals surface area contributed by atoms with Gasteiger partial charge in [-0.3, -0.25) is 4.79 Å². The Hall–Kier alpha value is -1.79. The van der Waals surface area contributed by atoms with Crippen molar-refractivity contribution < 1.29 is 22.0 Å². The summed E-state index contributed by atoms with van der Waals surface area (Å²) in [6, 6.07) is 5.04. The Labute approximate surface area is 151 Å². The van der Waals surface area contributed by atoms with Gasteiger partial charge in [-0.05, 0) is 19.1 Å². The number of aromatic nitrogens is 2. The van der Waals surface area contributed by atoms with Gasteiger partial charge in [0.15, 0.2) is 4.34 Å². The van der Waals surface area contributed by atoms with E-state index in [4.69, 9.17) is 0 Å². The highest BCUT2D eigenvalue weighted by molar-refractivity contribution is 8.01. The average molecular weight is 408 g/mol. The van der Waals surface area contributed by atoms with Gasteiger partial charge in [-0.25, -0.2) is 8.42 Å². The van der Waals surface area contributed by atoms with Crippen LogP contribution in [0.3, 0.4) is 0 Å². The lowest BCUT2D eigenvalue weighted by Gasteiger charge is -2.10. The fraction of sp³-hybridized carbons (Fsp3) is 0.308. The highest BCUT2D eigenvalue weighted by Gasteiger charge is 2.29. The van der Waals surface area contributed by atoms with Gasteiger partial charge in [-0.1, -0.05) is 35.2 Å². The van der Waals surface area contributed by atoms with Crippen molar-refractivity contribution in [1.29, 1.82) is 0 Å². The lowest BCUT2D eigenvalue weighted by atomic mass is 10.3. The number of rotatable bonds is 8. The van der Waals surface area contributed by atoms with Crippen molar-refractivity contribution in [3.8, 4) is 0 Å². The molecule has 2 N–H and O–H groups in total. The van der Waals surface area contributed by atoms with Crippen LogP contribution in [0.2, 0.25) is 0 Å². The van der Waals surface area contributed by atoms with Crippen LogP contribution in [0.25, 0.3) is 0 Å². The lowest BCUT2D eigenvalue weighted by molar-refractivity contribution is -0.113. The molecule has 0 atom stereocenters. The zero-order valence-corrected chi connectivity index (χ0v) is 15.4. The number of carbonyl (C=O) groups is 1. The second kappa shape index (κ2) is 8.54. The number of carbonyl (C=O) groups excluding carboxylic acids is 1. The summed E-state index contributed by atoms with van der Waals surface area (Å²) in [7, 11) is -4.81. The van der Waals surface area contributed by atoms with Crippen LogP contribution >= 0.6 is 23.1 Å². The van der Waals surface area contributed by atoms with Gasteiger partial charge in [0, 0.05) is 6.54 Å². The number of sulfone groups is 1. The van der Waals surface area contributed by atoms with Gasteiger partial charge in [-0.2, -0.15) is 8.78 Å². The van der Waals surface area contributed by atoms with Gasteiger partial charge in [0.25, 0.3) is 0 Å². The first-order valence-electron chi connectivity index (χ1n) is 6.95. The van der Waals surface area contributed by atoms with E-state index < -0.39 is 26.4 Å². The fourth-order valence-corrected chi connectivity index (χ4v) is 4.22. The molecule has 1 amide bonds. The standard InChI is InChI=1S/C13H14F2N4O3S3/c1-2-16-12-18-19-13(24-12)23-7-10(20)17-8-5-3-4-6-9(8)25(21,22)11(14)15/h3-6,11H,2,7H2,1H3,(H,16,18)(H,17,20). The Morgan fingerprint density at radius 1 is 1.32 bits per heavy atom. The highest BCUT2D eigenvalue weighted by Crippen LogP contribution is 2.28. The molecule has 25 heavy (non-hydrogen) atoms. The maximum atomic E-state index is 12.7. The van der Waals surface area contributed by atoms with Crippen molar-refractivity contribution in [3.05, 3.63) is 24.3 Å². The van der Waals surface area contributed by atoms with E-state index in [1.807, 2.05) is 6.92 Å². The third kappa shape index (κ3) is 5.09. The summed E-state index contributed by atoms with van der Waals surface area (Å²) in [5.41, 5.74) is -0.181. The Balaban J connectivity index is 2.03. The molecular formula is C13H14F2N4O3S3. The molecule has 1 heterocycles. The maximum absolute atomic E-state index is 12.7. The van der Waals surface area contributed by atoms with Gasteiger partial charge in [0.1, 0.15) is 0 Å². The molecule has 1 aromatic carbocycles. The first kappa shape index (κ1) is 19.5. The number of thioether (sulfide) groups is 1. The van der Waals surface area contributed by atoms with Crippen molar-refractivity contribution in [3.63, 3.8) is 0 Å². The summed E-state index contributed by atoms with van der Waals surface area (Å²) in [5.74, 6) is -4.17. The number of nitrogens with zero attached hydrogens (tertiary/aromatic N) is 2. The van der Waals surface area contributed by atoms with Crippen LogP contribution in [-0.4, -0.2) is 42.6 Å². The molecule has 1 aromatic heterocycles. The maximum Gasteiger partial charge on any atom is 0.341 e. The lowest BCUT2D eigenvalue weighted by Crippen LogP contribution is -2.18. The van der Waals surface area contributed by atoms with Gasteiger partial charge >= 0.3 is 5.76 Å². The summed E-state index contributed by atoms with van der Waals surface area (Å²) in [4.78, 5) is 11.4. The molecule has 0 bridgehead atoms. The largest absolute Gasteiger partial charge is 0.360 e. The third-order valence-corrected chi connectivity index (χ3v) is 6.22. The van der Waals surface area contributed by atoms with E-state index in [1.165, 1.54) is 29.5 Å². The van der Waals surface area contributed by atoms with E-state index in [1.54, 1.807) is 0 Å². The number of benzene rings is 1. The molecule has 0 unspecified atom stereocenters. The van der Waals surface area contributed by atoms with E-state index in [0.29, 0.717) is 16.0 Å². The topological polar surface area (TPSA) is 101 Å². The molecule has 0 saturated carbocycles. The number of anilines is 2. The fourth-order valence-electron chi connectivity index (χ4n) is 1.72. The Kier molecular flexibility index (Phi) is 6.67. The summed E-state index contributed by atoms with van der Waals surface area (Å²) in [6.07, 6.45) is 0. The van der Waals surface area contributed by atoms with Gasteiger partial charge in [0.05, 0.1) is 16.3 Å². The molecule has 2 aromatic rings. The first-order valence-corrected chi connectivity index (χ1v) is 10.3. The number of nitrogens with one attached hydrogen (secondary N) is 2. The normalized spacial score (nSPS) is 11.5. The van der Waals surface area contributed by atoms with E-state index in [0.717, 1.165) is 17.8 Å². The number of para-hydroxylation sites is 1. The van der Waals surface area contributed by atoms with Crippen LogP contribution in [-0.2, 0) is 14.6 Å². The number of amides is 1. The molecule has 7 nitrogen and oxygen atoms in total. The Bertz CT molecular complexity index is 843. The first-order chi connectivity index (χ1) is 11.8. The molecule has 0 fully saturated rings. The molecule has 0 spiro atoms. The van der Waals surface area contributed by atoms with E-state index in [-0.39, 0.29) is 11.4 Å². The van der Waals surface area contributed by atoms with Gasteiger partial charge < -0.3 is 10.6 Å². The Morgan fingerprint density at radius 2 is 2.04 bits per heavy atom. The predicted molar refractivity (Wildman–Crippen MR) is 93.1 cm³/mol. The molecule has 0 aliphatic carbocycles. The van der Waals surface area contributed by atoms with Gasteiger partial charge in [0.2, 0.25) is 20.9 Å². The second-order valence-electron chi connectivity index (χ2n) is 4.54. The second-order valence-corrected chi connectivity index (χ2v) is 8.63. The minimum absolute atomic E-state index is 0.0657. The van der Waals surface area contributed by atoms with Crippen LogP contribution in [0.15, 0.2) is 33.5 Å². The molecule has 0 aliphatic heterocycles. The average Bonchev–Trinajstić information content (AvgIpc) is 3.01. The van der Waals surface area contributed by atoms with Crippen LogP contribution in [0.4, 0.5) is 19.6 Å². The van der Waals surface area contributed by atoms with E-state index >= 15 is 0 Å². The van der Waals surface area contributed by atoms with Crippen molar-refractivity contribution in [2.45, 2.75) is 21.9 Å². The smallest absolute Gasteiger partial charge is 0.341 e. The molecular weight excluding hydrogens is 394 g/mol. The molecule has 2 rings (SSSR count). The van der Waals surface area contributed by atoms with Crippen LogP contribution < -0.4 is 10.6 Å².